The van der Waals surface area contributed by atoms with Gasteiger partial charge in [0.05, 0.1) is 12.5 Å². The van der Waals surface area contributed by atoms with Crippen molar-refractivity contribution in [2.75, 3.05) is 19.3 Å². The second-order valence-corrected chi connectivity index (χ2v) is 6.26. The first-order chi connectivity index (χ1) is 9.54. The van der Waals surface area contributed by atoms with Gasteiger partial charge in [-0.3, -0.25) is 9.00 Å². The first-order valence-electron chi connectivity index (χ1n) is 6.55. The summed E-state index contributed by atoms with van der Waals surface area (Å²) in [6, 6.07) is 9.85. The lowest BCUT2D eigenvalue weighted by Crippen LogP contribution is -2.28. The van der Waals surface area contributed by atoms with Gasteiger partial charge < -0.3 is 4.90 Å². The maximum Gasteiger partial charge on any atom is 0.223 e. The molecule has 1 rings (SSSR count). The van der Waals surface area contributed by atoms with Crippen molar-refractivity contribution in [2.45, 2.75) is 25.5 Å². The number of carbonyl (C=O) groups is 1. The summed E-state index contributed by atoms with van der Waals surface area (Å²) in [7, 11) is 0.634. The van der Waals surface area contributed by atoms with Crippen molar-refractivity contribution >= 4 is 16.7 Å². The molecule has 1 amide bonds. The third-order valence-corrected chi connectivity index (χ3v) is 4.40. The number of hydrogen-bond donors (Lipinski definition) is 0. The number of carbonyl (C=O) groups excluding carboxylic acids is 1. The van der Waals surface area contributed by atoms with E-state index in [9.17, 15) is 9.00 Å². The molecule has 0 aliphatic carbocycles. The molecule has 0 aromatic heterocycles. The summed E-state index contributed by atoms with van der Waals surface area (Å²) in [5.41, 5.74) is 2.19. The predicted molar refractivity (Wildman–Crippen MR) is 80.4 cm³/mol. The van der Waals surface area contributed by atoms with Gasteiger partial charge in [-0.05, 0) is 18.1 Å². The average Bonchev–Trinajstić information content (AvgIpc) is 2.44. The van der Waals surface area contributed by atoms with Crippen LogP contribution in [0.5, 0.6) is 0 Å². The molecule has 0 bridgehead atoms. The van der Waals surface area contributed by atoms with Crippen molar-refractivity contribution in [3.8, 4) is 6.07 Å². The number of aryl methyl sites for hydroxylation is 1. The fourth-order valence-corrected chi connectivity index (χ4v) is 2.97. The van der Waals surface area contributed by atoms with Crippen molar-refractivity contribution in [1.29, 1.82) is 5.26 Å². The van der Waals surface area contributed by atoms with Crippen LogP contribution in [0, 0.1) is 18.3 Å². The monoisotopic (exact) mass is 292 g/mol. The number of nitrogens with zero attached hydrogens (tertiary/aromatic N) is 2. The summed E-state index contributed by atoms with van der Waals surface area (Å²) in [6.07, 6.45) is 0.592. The topological polar surface area (TPSA) is 61.2 Å². The molecule has 0 aliphatic heterocycles. The lowest BCUT2D eigenvalue weighted by atomic mass is 10.1. The highest BCUT2D eigenvalue weighted by molar-refractivity contribution is 7.84. The van der Waals surface area contributed by atoms with E-state index in [1.807, 2.05) is 37.3 Å². The first kappa shape index (κ1) is 16.4. The van der Waals surface area contributed by atoms with Crippen LogP contribution in [-0.4, -0.2) is 34.4 Å². The van der Waals surface area contributed by atoms with Gasteiger partial charge in [0.15, 0.2) is 0 Å². The first-order valence-corrected chi connectivity index (χ1v) is 8.03. The molecule has 1 unspecified atom stereocenters. The zero-order valence-electron chi connectivity index (χ0n) is 12.0. The van der Waals surface area contributed by atoms with E-state index in [4.69, 9.17) is 5.26 Å². The van der Waals surface area contributed by atoms with E-state index < -0.39 is 10.8 Å². The third-order valence-electron chi connectivity index (χ3n) is 3.11. The Morgan fingerprint density at radius 1 is 1.40 bits per heavy atom. The van der Waals surface area contributed by atoms with Crippen molar-refractivity contribution in [2.24, 2.45) is 0 Å². The maximum atomic E-state index is 12.0. The molecule has 0 fully saturated rings. The van der Waals surface area contributed by atoms with Crippen molar-refractivity contribution < 1.29 is 9.00 Å². The van der Waals surface area contributed by atoms with Crippen molar-refractivity contribution in [3.63, 3.8) is 0 Å². The normalized spacial score (nSPS) is 11.7. The van der Waals surface area contributed by atoms with Crippen molar-refractivity contribution in [3.05, 3.63) is 35.4 Å². The number of rotatable bonds is 7. The summed E-state index contributed by atoms with van der Waals surface area (Å²) >= 11 is 0. The van der Waals surface area contributed by atoms with Gasteiger partial charge in [-0.1, -0.05) is 24.3 Å². The Kier molecular flexibility index (Phi) is 6.96. The van der Waals surface area contributed by atoms with Crippen LogP contribution in [0.3, 0.4) is 0 Å². The Hall–Kier alpha value is -1.67. The molecule has 0 N–H and O–H groups in total. The smallest absolute Gasteiger partial charge is 0.223 e. The lowest BCUT2D eigenvalue weighted by Gasteiger charge is -2.15. The number of hydrogen-bond acceptors (Lipinski definition) is 3. The molecular formula is C15H20N2O2S. The number of benzene rings is 1. The maximum absolute atomic E-state index is 12.0. The van der Waals surface area contributed by atoms with Gasteiger partial charge >= 0.3 is 0 Å². The molecule has 4 nitrogen and oxygen atoms in total. The molecule has 0 heterocycles. The van der Waals surface area contributed by atoms with E-state index >= 15 is 0 Å². The quantitative estimate of drug-likeness (QED) is 0.772. The molecule has 1 aromatic carbocycles. The van der Waals surface area contributed by atoms with E-state index in [0.29, 0.717) is 24.5 Å². The summed E-state index contributed by atoms with van der Waals surface area (Å²) in [5, 5.41) is 8.47. The number of amides is 1. The highest BCUT2D eigenvalue weighted by atomic mass is 32.2. The van der Waals surface area contributed by atoms with E-state index in [1.54, 1.807) is 7.05 Å². The Bertz CT molecular complexity index is 523. The standard InChI is InChI=1S/C15H20N2O2S/c1-13-6-3-4-7-14(13)12-20(19)11-8-15(18)17(2)10-5-9-16/h3-4,6-7H,5,8,10-12H2,1-2H3. The molecule has 0 saturated carbocycles. The van der Waals surface area contributed by atoms with Crippen LogP contribution in [0.25, 0.3) is 0 Å². The Balaban J connectivity index is 2.39. The van der Waals surface area contributed by atoms with Gasteiger partial charge in [-0.15, -0.1) is 0 Å². The Morgan fingerprint density at radius 2 is 2.10 bits per heavy atom. The van der Waals surface area contributed by atoms with E-state index in [-0.39, 0.29) is 12.3 Å². The minimum absolute atomic E-state index is 0.0571. The molecule has 0 saturated heterocycles. The van der Waals surface area contributed by atoms with Gasteiger partial charge in [0, 0.05) is 42.3 Å². The molecule has 0 spiro atoms. The van der Waals surface area contributed by atoms with Gasteiger partial charge in [-0.25, -0.2) is 0 Å². The fraction of sp³-hybridized carbons (Fsp3) is 0.467. The van der Waals surface area contributed by atoms with E-state index in [2.05, 4.69) is 0 Å². The van der Waals surface area contributed by atoms with Crippen LogP contribution in [0.1, 0.15) is 24.0 Å². The van der Waals surface area contributed by atoms with Gasteiger partial charge in [0.25, 0.3) is 0 Å². The van der Waals surface area contributed by atoms with Gasteiger partial charge in [-0.2, -0.15) is 5.26 Å². The molecule has 108 valence electrons. The zero-order valence-corrected chi connectivity index (χ0v) is 12.8. The second-order valence-electron chi connectivity index (χ2n) is 4.69. The Labute approximate surface area is 122 Å². The SMILES string of the molecule is Cc1ccccc1CS(=O)CCC(=O)N(C)CCC#N. The summed E-state index contributed by atoms with van der Waals surface area (Å²) in [6.45, 7) is 2.42. The largest absolute Gasteiger partial charge is 0.345 e. The highest BCUT2D eigenvalue weighted by Gasteiger charge is 2.11. The van der Waals surface area contributed by atoms with E-state index in [0.717, 1.165) is 11.1 Å². The summed E-state index contributed by atoms with van der Waals surface area (Å²) < 4.78 is 12.0. The molecule has 5 heteroatoms. The molecule has 20 heavy (non-hydrogen) atoms. The molecule has 0 aliphatic rings. The molecular weight excluding hydrogens is 272 g/mol. The van der Waals surface area contributed by atoms with Crippen molar-refractivity contribution in [1.82, 2.24) is 4.90 Å². The highest BCUT2D eigenvalue weighted by Crippen LogP contribution is 2.10. The van der Waals surface area contributed by atoms with Crippen LogP contribution in [0.2, 0.25) is 0 Å². The number of nitriles is 1. The van der Waals surface area contributed by atoms with E-state index in [1.165, 1.54) is 4.90 Å². The summed E-state index contributed by atoms with van der Waals surface area (Å²) in [4.78, 5) is 13.3. The Morgan fingerprint density at radius 3 is 2.75 bits per heavy atom. The zero-order chi connectivity index (χ0) is 15.0. The lowest BCUT2D eigenvalue weighted by molar-refractivity contribution is -0.129. The molecule has 1 atom stereocenters. The third kappa shape index (κ3) is 5.54. The summed E-state index contributed by atoms with van der Waals surface area (Å²) in [5.74, 6) is 0.796. The van der Waals surface area contributed by atoms with Gasteiger partial charge in [0.1, 0.15) is 0 Å². The molecule has 0 radical (unpaired) electrons. The minimum atomic E-state index is -1.04. The molecule has 1 aromatic rings. The average molecular weight is 292 g/mol. The minimum Gasteiger partial charge on any atom is -0.345 e. The van der Waals surface area contributed by atoms with Crippen LogP contribution in [0.15, 0.2) is 24.3 Å². The van der Waals surface area contributed by atoms with Crippen LogP contribution in [-0.2, 0) is 21.3 Å². The van der Waals surface area contributed by atoms with Crippen LogP contribution < -0.4 is 0 Å². The van der Waals surface area contributed by atoms with Crippen LogP contribution in [0.4, 0.5) is 0 Å². The van der Waals surface area contributed by atoms with Gasteiger partial charge in [0.2, 0.25) is 5.91 Å². The second kappa shape index (κ2) is 8.49. The predicted octanol–water partition coefficient (Wildman–Crippen LogP) is 2.01. The fourth-order valence-electron chi connectivity index (χ4n) is 1.75. The van der Waals surface area contributed by atoms with Crippen LogP contribution >= 0.6 is 0 Å².